The third-order valence-corrected chi connectivity index (χ3v) is 4.79. The highest BCUT2D eigenvalue weighted by Gasteiger charge is 2.17. The van der Waals surface area contributed by atoms with Crippen LogP contribution in [-0.2, 0) is 17.8 Å². The summed E-state index contributed by atoms with van der Waals surface area (Å²) in [5.74, 6) is 1.02. The molecule has 0 saturated heterocycles. The minimum atomic E-state index is -0.142. The van der Waals surface area contributed by atoms with Crippen LogP contribution in [0.5, 0.6) is 11.5 Å². The summed E-state index contributed by atoms with van der Waals surface area (Å²) in [7, 11) is 0. The molecule has 3 rings (SSSR count). The number of carbonyl (C=O) groups excluding carboxylic acids is 1. The van der Waals surface area contributed by atoms with Crippen LogP contribution in [0, 0.1) is 25.2 Å². The number of rotatable bonds is 6. The molecule has 1 aliphatic heterocycles. The molecule has 0 fully saturated rings. The van der Waals surface area contributed by atoms with Crippen LogP contribution in [-0.4, -0.2) is 28.9 Å². The van der Waals surface area contributed by atoms with E-state index in [1.165, 1.54) is 0 Å². The van der Waals surface area contributed by atoms with E-state index in [1.807, 2.05) is 18.5 Å². The summed E-state index contributed by atoms with van der Waals surface area (Å²) in [6.45, 7) is 5.39. The number of halogens is 1. The van der Waals surface area contributed by atoms with Crippen LogP contribution in [0.3, 0.4) is 0 Å². The SMILES string of the molecule is Cc1nn(CCC#N)c(C)c1CCC(=O)Nc1cc2c(cc1Cl)OCCO2. The number of nitrogens with zero attached hydrogens (tertiary/aromatic N) is 3. The summed E-state index contributed by atoms with van der Waals surface area (Å²) in [5, 5.41) is 16.4. The van der Waals surface area contributed by atoms with Gasteiger partial charge in [-0.2, -0.15) is 10.4 Å². The van der Waals surface area contributed by atoms with E-state index < -0.39 is 0 Å². The van der Waals surface area contributed by atoms with Gasteiger partial charge in [0.05, 0.1) is 35.4 Å². The second-order valence-electron chi connectivity index (χ2n) is 6.30. The average Bonchev–Trinajstić information content (AvgIpc) is 2.92. The summed E-state index contributed by atoms with van der Waals surface area (Å²) in [6, 6.07) is 5.46. The largest absolute Gasteiger partial charge is 0.486 e. The summed E-state index contributed by atoms with van der Waals surface area (Å²) < 4.78 is 12.8. The third-order valence-electron chi connectivity index (χ3n) is 4.47. The molecule has 1 aliphatic rings. The summed E-state index contributed by atoms with van der Waals surface area (Å²) in [4.78, 5) is 12.4. The van der Waals surface area contributed by atoms with E-state index in [4.69, 9.17) is 26.3 Å². The average molecular weight is 389 g/mol. The Morgan fingerprint density at radius 3 is 2.74 bits per heavy atom. The molecule has 1 amide bonds. The van der Waals surface area contributed by atoms with Crippen molar-refractivity contribution in [2.75, 3.05) is 18.5 Å². The van der Waals surface area contributed by atoms with Gasteiger partial charge in [-0.15, -0.1) is 0 Å². The van der Waals surface area contributed by atoms with E-state index in [1.54, 1.807) is 12.1 Å². The number of fused-ring (bicyclic) bond motifs is 1. The van der Waals surface area contributed by atoms with Crippen molar-refractivity contribution in [2.24, 2.45) is 0 Å². The fourth-order valence-electron chi connectivity index (χ4n) is 3.08. The molecule has 27 heavy (non-hydrogen) atoms. The molecule has 0 spiro atoms. The minimum Gasteiger partial charge on any atom is -0.486 e. The van der Waals surface area contributed by atoms with Crippen molar-refractivity contribution in [2.45, 2.75) is 39.7 Å². The first-order valence-corrected chi connectivity index (χ1v) is 9.16. The normalized spacial score (nSPS) is 12.5. The van der Waals surface area contributed by atoms with E-state index in [0.29, 0.717) is 61.2 Å². The number of aromatic nitrogens is 2. The van der Waals surface area contributed by atoms with Crippen molar-refractivity contribution in [3.05, 3.63) is 34.1 Å². The Hall–Kier alpha value is -2.72. The van der Waals surface area contributed by atoms with Gasteiger partial charge in [-0.1, -0.05) is 11.6 Å². The summed E-state index contributed by atoms with van der Waals surface area (Å²) in [5.41, 5.74) is 3.42. The number of hydrogen-bond donors (Lipinski definition) is 1. The zero-order chi connectivity index (χ0) is 19.4. The van der Waals surface area contributed by atoms with Crippen molar-refractivity contribution in [1.82, 2.24) is 9.78 Å². The zero-order valence-corrected chi connectivity index (χ0v) is 16.1. The van der Waals surface area contributed by atoms with Gasteiger partial charge in [0.25, 0.3) is 0 Å². The highest BCUT2D eigenvalue weighted by Crippen LogP contribution is 2.38. The molecule has 0 saturated carbocycles. The monoisotopic (exact) mass is 388 g/mol. The van der Waals surface area contributed by atoms with Gasteiger partial charge >= 0.3 is 0 Å². The predicted molar refractivity (Wildman–Crippen MR) is 101 cm³/mol. The van der Waals surface area contributed by atoms with Gasteiger partial charge in [-0.3, -0.25) is 9.48 Å². The highest BCUT2D eigenvalue weighted by molar-refractivity contribution is 6.34. The van der Waals surface area contributed by atoms with E-state index in [-0.39, 0.29) is 5.91 Å². The second-order valence-corrected chi connectivity index (χ2v) is 6.71. The molecule has 0 unspecified atom stereocenters. The maximum absolute atomic E-state index is 12.4. The number of aryl methyl sites for hydroxylation is 2. The van der Waals surface area contributed by atoms with Gasteiger partial charge in [-0.25, -0.2) is 0 Å². The molecule has 1 N–H and O–H groups in total. The maximum Gasteiger partial charge on any atom is 0.224 e. The Bertz CT molecular complexity index is 901. The van der Waals surface area contributed by atoms with Crippen LogP contribution < -0.4 is 14.8 Å². The number of anilines is 1. The Morgan fingerprint density at radius 2 is 2.04 bits per heavy atom. The van der Waals surface area contributed by atoms with Gasteiger partial charge in [0.15, 0.2) is 11.5 Å². The van der Waals surface area contributed by atoms with E-state index in [0.717, 1.165) is 17.0 Å². The Morgan fingerprint density at radius 1 is 1.33 bits per heavy atom. The Kier molecular flexibility index (Phi) is 5.87. The smallest absolute Gasteiger partial charge is 0.224 e. The molecule has 8 heteroatoms. The van der Waals surface area contributed by atoms with Crippen molar-refractivity contribution in [3.63, 3.8) is 0 Å². The van der Waals surface area contributed by atoms with Crippen LogP contribution in [0.15, 0.2) is 12.1 Å². The van der Waals surface area contributed by atoms with Gasteiger partial charge in [0.1, 0.15) is 13.2 Å². The van der Waals surface area contributed by atoms with Gasteiger partial charge in [-0.05, 0) is 25.8 Å². The number of nitriles is 1. The van der Waals surface area contributed by atoms with Crippen molar-refractivity contribution < 1.29 is 14.3 Å². The molecule has 2 heterocycles. The molecule has 1 aromatic carbocycles. The molecule has 1 aromatic heterocycles. The van der Waals surface area contributed by atoms with Crippen LogP contribution in [0.25, 0.3) is 0 Å². The molecular weight excluding hydrogens is 368 g/mol. The first-order chi connectivity index (χ1) is 13.0. The first kappa shape index (κ1) is 19.1. The lowest BCUT2D eigenvalue weighted by Crippen LogP contribution is -2.17. The lowest BCUT2D eigenvalue weighted by Gasteiger charge is -2.20. The van der Waals surface area contributed by atoms with Crippen molar-refractivity contribution in [1.29, 1.82) is 5.26 Å². The summed E-state index contributed by atoms with van der Waals surface area (Å²) >= 11 is 6.23. The van der Waals surface area contributed by atoms with Crippen molar-refractivity contribution >= 4 is 23.2 Å². The van der Waals surface area contributed by atoms with E-state index in [2.05, 4.69) is 16.5 Å². The predicted octanol–water partition coefficient (Wildman–Crippen LogP) is 3.41. The number of carbonyl (C=O) groups is 1. The molecule has 7 nitrogen and oxygen atoms in total. The molecule has 0 radical (unpaired) electrons. The topological polar surface area (TPSA) is 89.2 Å². The van der Waals surface area contributed by atoms with Crippen molar-refractivity contribution in [3.8, 4) is 17.6 Å². The third kappa shape index (κ3) is 4.34. The number of ether oxygens (including phenoxy) is 2. The second kappa shape index (κ2) is 8.31. The molecule has 142 valence electrons. The minimum absolute atomic E-state index is 0.142. The summed E-state index contributed by atoms with van der Waals surface area (Å²) in [6.07, 6.45) is 1.28. The van der Waals surface area contributed by atoms with Crippen LogP contribution >= 0.6 is 11.6 Å². The maximum atomic E-state index is 12.4. The van der Waals surface area contributed by atoms with E-state index in [9.17, 15) is 4.79 Å². The highest BCUT2D eigenvalue weighted by atomic mass is 35.5. The van der Waals surface area contributed by atoms with E-state index >= 15 is 0 Å². The van der Waals surface area contributed by atoms with Crippen LogP contribution in [0.4, 0.5) is 5.69 Å². The van der Waals surface area contributed by atoms with Crippen LogP contribution in [0.2, 0.25) is 5.02 Å². The molecule has 0 aliphatic carbocycles. The molecule has 0 bridgehead atoms. The lowest BCUT2D eigenvalue weighted by atomic mass is 10.1. The van der Waals surface area contributed by atoms with Gasteiger partial charge < -0.3 is 14.8 Å². The molecular formula is C19H21ClN4O3. The number of amides is 1. The number of nitrogens with one attached hydrogen (secondary N) is 1. The molecule has 2 aromatic rings. The fraction of sp³-hybridized carbons (Fsp3) is 0.421. The Balaban J connectivity index is 1.64. The number of hydrogen-bond acceptors (Lipinski definition) is 5. The quantitative estimate of drug-likeness (QED) is 0.819. The van der Waals surface area contributed by atoms with Crippen LogP contribution in [0.1, 0.15) is 29.8 Å². The van der Waals surface area contributed by atoms with Gasteiger partial charge in [0.2, 0.25) is 5.91 Å². The standard InChI is InChI=1S/C19H21ClN4O3/c1-12-14(13(2)24(23-12)7-3-6-21)4-5-19(25)22-16-11-18-17(10-15(16)20)26-8-9-27-18/h10-11H,3-5,7-9H2,1-2H3,(H,22,25). The Labute approximate surface area is 162 Å². The lowest BCUT2D eigenvalue weighted by molar-refractivity contribution is -0.116. The molecule has 0 atom stereocenters. The fourth-order valence-corrected chi connectivity index (χ4v) is 3.28. The first-order valence-electron chi connectivity index (χ1n) is 8.78. The zero-order valence-electron chi connectivity index (χ0n) is 15.3. The number of benzene rings is 1. The van der Waals surface area contributed by atoms with Gasteiger partial charge in [0, 0.05) is 24.2 Å².